The summed E-state index contributed by atoms with van der Waals surface area (Å²) in [6.45, 7) is 3.94. The molecule has 0 aliphatic carbocycles. The van der Waals surface area contributed by atoms with Crippen molar-refractivity contribution in [3.8, 4) is 0 Å². The van der Waals surface area contributed by atoms with E-state index >= 15 is 0 Å². The number of halogens is 1. The van der Waals surface area contributed by atoms with Crippen molar-refractivity contribution in [3.63, 3.8) is 0 Å². The van der Waals surface area contributed by atoms with E-state index in [9.17, 15) is 18.0 Å². The minimum absolute atomic E-state index is 0.0442. The Bertz CT molecular complexity index is 1040. The molecule has 3 rings (SSSR count). The number of esters is 1. The molecule has 1 fully saturated rings. The van der Waals surface area contributed by atoms with Crippen molar-refractivity contribution in [1.82, 2.24) is 4.31 Å². The normalized spacial score (nSPS) is 16.1. The first kappa shape index (κ1) is 22.3. The van der Waals surface area contributed by atoms with E-state index in [1.807, 2.05) is 0 Å². The van der Waals surface area contributed by atoms with Crippen molar-refractivity contribution in [1.29, 1.82) is 0 Å². The van der Waals surface area contributed by atoms with Crippen LogP contribution in [0.2, 0.25) is 5.02 Å². The van der Waals surface area contributed by atoms with Crippen LogP contribution >= 0.6 is 11.6 Å². The second-order valence-electron chi connectivity index (χ2n) is 7.03. The molecule has 1 aliphatic heterocycles. The van der Waals surface area contributed by atoms with Crippen LogP contribution in [0.5, 0.6) is 0 Å². The molecule has 0 bridgehead atoms. The van der Waals surface area contributed by atoms with Crippen LogP contribution in [0, 0.1) is 6.92 Å². The Morgan fingerprint density at radius 3 is 2.53 bits per heavy atom. The number of carbonyl (C=O) groups excluding carboxylic acids is 2. The number of ether oxygens (including phenoxy) is 1. The zero-order valence-electron chi connectivity index (χ0n) is 16.7. The second-order valence-corrected chi connectivity index (χ2v) is 9.38. The van der Waals surface area contributed by atoms with Gasteiger partial charge in [-0.3, -0.25) is 4.79 Å². The SMILES string of the molecule is Cc1occc1C(=O)OC(C)C(=O)Nc1cc(S(=O)(=O)N2CCCCC2)ccc1Cl. The van der Waals surface area contributed by atoms with Crippen LogP contribution in [0.3, 0.4) is 0 Å². The van der Waals surface area contributed by atoms with Gasteiger partial charge in [0.25, 0.3) is 5.91 Å². The van der Waals surface area contributed by atoms with Crippen LogP contribution in [0.25, 0.3) is 0 Å². The van der Waals surface area contributed by atoms with E-state index in [0.717, 1.165) is 19.3 Å². The number of furan rings is 1. The lowest BCUT2D eigenvalue weighted by molar-refractivity contribution is -0.123. The highest BCUT2D eigenvalue weighted by Gasteiger charge is 2.27. The molecule has 1 unspecified atom stereocenters. The summed E-state index contributed by atoms with van der Waals surface area (Å²) in [6.07, 6.45) is 2.85. The number of amides is 1. The third-order valence-corrected chi connectivity index (χ3v) is 7.10. The Morgan fingerprint density at radius 2 is 1.90 bits per heavy atom. The first-order chi connectivity index (χ1) is 14.2. The average molecular weight is 455 g/mol. The summed E-state index contributed by atoms with van der Waals surface area (Å²) in [6, 6.07) is 5.60. The van der Waals surface area contributed by atoms with Crippen molar-refractivity contribution in [2.45, 2.75) is 44.1 Å². The summed E-state index contributed by atoms with van der Waals surface area (Å²) in [5, 5.41) is 2.71. The number of benzene rings is 1. The number of aryl methyl sites for hydroxylation is 1. The summed E-state index contributed by atoms with van der Waals surface area (Å²) in [5.41, 5.74) is 0.351. The predicted molar refractivity (Wildman–Crippen MR) is 111 cm³/mol. The van der Waals surface area contributed by atoms with Gasteiger partial charge in [0.05, 0.1) is 21.9 Å². The molecule has 162 valence electrons. The van der Waals surface area contributed by atoms with Gasteiger partial charge < -0.3 is 14.5 Å². The van der Waals surface area contributed by atoms with E-state index in [4.69, 9.17) is 20.8 Å². The number of hydrogen-bond donors (Lipinski definition) is 1. The number of sulfonamides is 1. The van der Waals surface area contributed by atoms with Crippen molar-refractivity contribution in [2.24, 2.45) is 0 Å². The average Bonchev–Trinajstić information content (AvgIpc) is 3.16. The molecule has 1 aromatic carbocycles. The largest absolute Gasteiger partial charge is 0.469 e. The predicted octanol–water partition coefficient (Wildman–Crippen LogP) is 3.60. The van der Waals surface area contributed by atoms with Gasteiger partial charge in [0.2, 0.25) is 10.0 Å². The standard InChI is InChI=1S/C20H23ClN2O6S/c1-13-16(8-11-28-13)20(25)29-14(2)19(24)22-18-12-15(6-7-17(18)21)30(26,27)23-9-4-3-5-10-23/h6-8,11-12,14H,3-5,9-10H2,1-2H3,(H,22,24). The van der Waals surface area contributed by atoms with Crippen molar-refractivity contribution >= 4 is 39.2 Å². The van der Waals surface area contributed by atoms with Crippen molar-refractivity contribution in [3.05, 3.63) is 46.9 Å². The molecule has 1 aromatic heterocycles. The molecule has 8 nitrogen and oxygen atoms in total. The Hall–Kier alpha value is -2.36. The van der Waals surface area contributed by atoms with Crippen LogP contribution in [-0.4, -0.2) is 43.8 Å². The maximum Gasteiger partial charge on any atom is 0.342 e. The van der Waals surface area contributed by atoms with Crippen LogP contribution in [0.15, 0.2) is 39.8 Å². The molecular weight excluding hydrogens is 432 g/mol. The number of nitrogens with one attached hydrogen (secondary N) is 1. The highest BCUT2D eigenvalue weighted by molar-refractivity contribution is 7.89. The maximum atomic E-state index is 12.9. The lowest BCUT2D eigenvalue weighted by atomic mass is 10.2. The van der Waals surface area contributed by atoms with E-state index < -0.39 is 28.0 Å². The number of hydrogen-bond acceptors (Lipinski definition) is 6. The molecular formula is C20H23ClN2O6S. The first-order valence-electron chi connectivity index (χ1n) is 9.56. The van der Waals surface area contributed by atoms with Crippen LogP contribution in [-0.2, 0) is 19.6 Å². The lowest BCUT2D eigenvalue weighted by Gasteiger charge is -2.26. The first-order valence-corrected chi connectivity index (χ1v) is 11.4. The Morgan fingerprint density at radius 1 is 1.20 bits per heavy atom. The van der Waals surface area contributed by atoms with E-state index in [1.54, 1.807) is 6.92 Å². The fourth-order valence-corrected chi connectivity index (χ4v) is 4.83. The number of piperidine rings is 1. The van der Waals surface area contributed by atoms with Gasteiger partial charge in [-0.15, -0.1) is 0 Å². The Balaban J connectivity index is 1.72. The van der Waals surface area contributed by atoms with E-state index in [2.05, 4.69) is 5.32 Å². The summed E-state index contributed by atoms with van der Waals surface area (Å²) < 4.78 is 37.4. The lowest BCUT2D eigenvalue weighted by Crippen LogP contribution is -2.35. The minimum Gasteiger partial charge on any atom is -0.469 e. The molecule has 2 aromatic rings. The highest BCUT2D eigenvalue weighted by Crippen LogP contribution is 2.28. The molecule has 1 saturated heterocycles. The maximum absolute atomic E-state index is 12.9. The van der Waals surface area contributed by atoms with E-state index in [-0.39, 0.29) is 21.2 Å². The fourth-order valence-electron chi connectivity index (χ4n) is 3.12. The van der Waals surface area contributed by atoms with E-state index in [1.165, 1.54) is 41.8 Å². The fraction of sp³-hybridized carbons (Fsp3) is 0.400. The number of rotatable bonds is 6. The quantitative estimate of drug-likeness (QED) is 0.668. The van der Waals surface area contributed by atoms with Gasteiger partial charge in [-0.2, -0.15) is 4.31 Å². The molecule has 0 radical (unpaired) electrons. The highest BCUT2D eigenvalue weighted by atomic mass is 35.5. The Kier molecular flexibility index (Phi) is 6.84. The zero-order chi connectivity index (χ0) is 21.9. The van der Waals surface area contributed by atoms with Crippen molar-refractivity contribution < 1.29 is 27.2 Å². The molecule has 2 heterocycles. The summed E-state index contributed by atoms with van der Waals surface area (Å²) in [4.78, 5) is 24.7. The summed E-state index contributed by atoms with van der Waals surface area (Å²) in [7, 11) is -3.68. The van der Waals surface area contributed by atoms with Crippen LogP contribution in [0.4, 0.5) is 5.69 Å². The van der Waals surface area contributed by atoms with Gasteiger partial charge >= 0.3 is 5.97 Å². The molecule has 0 spiro atoms. The molecule has 1 aliphatic rings. The van der Waals surface area contributed by atoms with Gasteiger partial charge in [0.15, 0.2) is 6.10 Å². The smallest absolute Gasteiger partial charge is 0.342 e. The summed E-state index contributed by atoms with van der Waals surface area (Å²) >= 11 is 6.15. The monoisotopic (exact) mass is 454 g/mol. The zero-order valence-corrected chi connectivity index (χ0v) is 18.3. The molecule has 30 heavy (non-hydrogen) atoms. The molecule has 10 heteroatoms. The topological polar surface area (TPSA) is 106 Å². The van der Waals surface area contributed by atoms with Crippen LogP contribution < -0.4 is 5.32 Å². The molecule has 1 atom stereocenters. The number of anilines is 1. The van der Waals surface area contributed by atoms with Gasteiger partial charge in [0.1, 0.15) is 11.3 Å². The van der Waals surface area contributed by atoms with Gasteiger partial charge in [-0.25, -0.2) is 13.2 Å². The van der Waals surface area contributed by atoms with Gasteiger partial charge in [0, 0.05) is 13.1 Å². The van der Waals surface area contributed by atoms with Gasteiger partial charge in [-0.05, 0) is 51.0 Å². The molecule has 1 N–H and O–H groups in total. The third-order valence-electron chi connectivity index (χ3n) is 4.88. The second kappa shape index (κ2) is 9.20. The Labute approximate surface area is 180 Å². The molecule has 1 amide bonds. The van der Waals surface area contributed by atoms with Crippen LogP contribution in [0.1, 0.15) is 42.3 Å². The summed E-state index contributed by atoms with van der Waals surface area (Å²) in [5.74, 6) is -0.957. The number of carbonyl (C=O) groups is 2. The molecule has 0 saturated carbocycles. The van der Waals surface area contributed by atoms with Crippen molar-refractivity contribution in [2.75, 3.05) is 18.4 Å². The van der Waals surface area contributed by atoms with Gasteiger partial charge in [-0.1, -0.05) is 18.0 Å². The third kappa shape index (κ3) is 4.85. The number of nitrogens with zero attached hydrogens (tertiary/aromatic N) is 1. The minimum atomic E-state index is -3.68. The van der Waals surface area contributed by atoms with E-state index in [0.29, 0.717) is 18.8 Å².